The molecule has 0 radical (unpaired) electrons. The van der Waals surface area contributed by atoms with Gasteiger partial charge in [0, 0.05) is 4.47 Å². The van der Waals surface area contributed by atoms with Gasteiger partial charge in [-0.15, -0.1) is 5.10 Å². The van der Waals surface area contributed by atoms with Gasteiger partial charge in [-0.05, 0) is 35.0 Å². The first-order valence-corrected chi connectivity index (χ1v) is 6.75. The van der Waals surface area contributed by atoms with Crippen LogP contribution in [0.25, 0.3) is 5.69 Å². The molecule has 94 valence electrons. The van der Waals surface area contributed by atoms with Crippen molar-refractivity contribution in [2.24, 2.45) is 0 Å². The number of carboxylic acid groups (broad SMARTS) is 1. The van der Waals surface area contributed by atoms with Gasteiger partial charge in [0.05, 0.1) is 11.4 Å². The summed E-state index contributed by atoms with van der Waals surface area (Å²) < 4.78 is 2.46. The minimum atomic E-state index is -0.903. The van der Waals surface area contributed by atoms with E-state index in [0.29, 0.717) is 5.16 Å². The van der Waals surface area contributed by atoms with Crippen molar-refractivity contribution in [1.82, 2.24) is 20.2 Å². The number of carbonyl (C=O) groups is 1. The highest BCUT2D eigenvalue weighted by molar-refractivity contribution is 9.10. The van der Waals surface area contributed by atoms with Crippen LogP contribution in [-0.2, 0) is 4.79 Å². The molecular weight excluding hydrogens is 320 g/mol. The molecule has 0 bridgehead atoms. The van der Waals surface area contributed by atoms with Crippen molar-refractivity contribution < 1.29 is 9.90 Å². The van der Waals surface area contributed by atoms with Crippen LogP contribution < -0.4 is 0 Å². The maximum absolute atomic E-state index is 10.5. The molecule has 0 spiro atoms. The maximum atomic E-state index is 10.5. The van der Waals surface area contributed by atoms with Crippen molar-refractivity contribution in [2.45, 2.75) is 12.1 Å². The van der Waals surface area contributed by atoms with Crippen LogP contribution in [-0.4, -0.2) is 37.0 Å². The van der Waals surface area contributed by atoms with Gasteiger partial charge in [0.2, 0.25) is 5.16 Å². The highest BCUT2D eigenvalue weighted by atomic mass is 79.9. The van der Waals surface area contributed by atoms with Gasteiger partial charge in [0.25, 0.3) is 0 Å². The summed E-state index contributed by atoms with van der Waals surface area (Å²) in [7, 11) is 0. The third kappa shape index (κ3) is 2.88. The lowest BCUT2D eigenvalue weighted by molar-refractivity contribution is -0.133. The Hall–Kier alpha value is -1.41. The Morgan fingerprint density at radius 3 is 3.00 bits per heavy atom. The number of tetrazole rings is 1. The standard InChI is InChI=1S/C10H9BrN4O2S/c1-6-2-3-7(4-8(6)11)15-10(12-13-14-15)18-5-9(16)17/h2-4H,5H2,1H3,(H,16,17). The van der Waals surface area contributed by atoms with E-state index in [2.05, 4.69) is 31.5 Å². The number of nitrogens with zero attached hydrogens (tertiary/aromatic N) is 4. The Labute approximate surface area is 116 Å². The van der Waals surface area contributed by atoms with Gasteiger partial charge in [-0.3, -0.25) is 4.79 Å². The molecule has 6 nitrogen and oxygen atoms in total. The third-order valence-corrected chi connectivity index (χ3v) is 3.92. The average Bonchev–Trinajstić information content (AvgIpc) is 2.78. The molecule has 0 fully saturated rings. The number of aryl methyl sites for hydroxylation is 1. The number of halogens is 1. The van der Waals surface area contributed by atoms with E-state index in [0.717, 1.165) is 27.5 Å². The van der Waals surface area contributed by atoms with Gasteiger partial charge >= 0.3 is 5.97 Å². The summed E-state index contributed by atoms with van der Waals surface area (Å²) in [4.78, 5) is 10.5. The van der Waals surface area contributed by atoms with Gasteiger partial charge in [-0.25, -0.2) is 0 Å². The second-order valence-electron chi connectivity index (χ2n) is 3.49. The van der Waals surface area contributed by atoms with E-state index in [-0.39, 0.29) is 5.75 Å². The van der Waals surface area contributed by atoms with Crippen molar-refractivity contribution in [2.75, 3.05) is 5.75 Å². The molecule has 0 amide bonds. The van der Waals surface area contributed by atoms with Crippen molar-refractivity contribution in [3.63, 3.8) is 0 Å². The molecule has 1 N–H and O–H groups in total. The molecule has 0 aliphatic heterocycles. The van der Waals surface area contributed by atoms with Gasteiger partial charge in [-0.2, -0.15) is 4.68 Å². The zero-order valence-electron chi connectivity index (χ0n) is 9.37. The average molecular weight is 329 g/mol. The predicted octanol–water partition coefficient (Wildman–Crippen LogP) is 1.91. The molecule has 1 aromatic heterocycles. The highest BCUT2D eigenvalue weighted by Gasteiger charge is 2.11. The Morgan fingerprint density at radius 2 is 2.33 bits per heavy atom. The monoisotopic (exact) mass is 328 g/mol. The first-order valence-electron chi connectivity index (χ1n) is 4.97. The van der Waals surface area contributed by atoms with E-state index in [1.54, 1.807) is 0 Å². The van der Waals surface area contributed by atoms with Gasteiger partial charge in [0.15, 0.2) is 0 Å². The van der Waals surface area contributed by atoms with Crippen molar-refractivity contribution in [3.05, 3.63) is 28.2 Å². The second-order valence-corrected chi connectivity index (χ2v) is 5.29. The van der Waals surface area contributed by atoms with Crippen molar-refractivity contribution in [3.8, 4) is 5.69 Å². The minimum absolute atomic E-state index is 0.0760. The predicted molar refractivity (Wildman–Crippen MR) is 70.0 cm³/mol. The Balaban J connectivity index is 2.30. The highest BCUT2D eigenvalue weighted by Crippen LogP contribution is 2.22. The smallest absolute Gasteiger partial charge is 0.313 e. The number of aliphatic carboxylic acids is 1. The van der Waals surface area contributed by atoms with Crippen LogP contribution in [0.15, 0.2) is 27.8 Å². The lowest BCUT2D eigenvalue weighted by atomic mass is 10.2. The Kier molecular flexibility index (Phi) is 3.97. The van der Waals surface area contributed by atoms with E-state index in [1.165, 1.54) is 4.68 Å². The maximum Gasteiger partial charge on any atom is 0.313 e. The van der Waals surface area contributed by atoms with E-state index >= 15 is 0 Å². The summed E-state index contributed by atoms with van der Waals surface area (Å²) in [5, 5.41) is 20.3. The molecular formula is C10H9BrN4O2S. The van der Waals surface area contributed by atoms with Gasteiger partial charge in [0.1, 0.15) is 0 Å². The molecule has 0 atom stereocenters. The molecule has 0 aliphatic carbocycles. The quantitative estimate of drug-likeness (QED) is 0.863. The van der Waals surface area contributed by atoms with Crippen LogP contribution in [0.3, 0.4) is 0 Å². The first kappa shape index (κ1) is 13.0. The topological polar surface area (TPSA) is 80.9 Å². The molecule has 1 aromatic carbocycles. The summed E-state index contributed by atoms with van der Waals surface area (Å²) in [5.74, 6) is -0.979. The number of benzene rings is 1. The van der Waals surface area contributed by atoms with Crippen LogP contribution in [0.5, 0.6) is 0 Å². The van der Waals surface area contributed by atoms with Crippen LogP contribution in [0.4, 0.5) is 0 Å². The molecule has 2 rings (SSSR count). The number of rotatable bonds is 4. The molecule has 0 saturated carbocycles. The molecule has 0 saturated heterocycles. The van der Waals surface area contributed by atoms with Gasteiger partial charge in [-0.1, -0.05) is 33.8 Å². The van der Waals surface area contributed by atoms with Crippen molar-refractivity contribution >= 4 is 33.7 Å². The van der Waals surface area contributed by atoms with E-state index in [1.807, 2.05) is 25.1 Å². The number of carboxylic acids is 1. The number of hydrogen-bond donors (Lipinski definition) is 1. The SMILES string of the molecule is Cc1ccc(-n2nnnc2SCC(=O)O)cc1Br. The third-order valence-electron chi connectivity index (χ3n) is 2.17. The summed E-state index contributed by atoms with van der Waals surface area (Å²) in [6.45, 7) is 1.98. The summed E-state index contributed by atoms with van der Waals surface area (Å²) in [6, 6.07) is 5.70. The first-order chi connectivity index (χ1) is 8.58. The van der Waals surface area contributed by atoms with Gasteiger partial charge < -0.3 is 5.11 Å². The summed E-state index contributed by atoms with van der Waals surface area (Å²) in [6.07, 6.45) is 0. The molecule has 18 heavy (non-hydrogen) atoms. The number of hydrogen-bond acceptors (Lipinski definition) is 5. The largest absolute Gasteiger partial charge is 0.481 e. The van der Waals surface area contributed by atoms with Crippen LogP contribution in [0.1, 0.15) is 5.56 Å². The second kappa shape index (κ2) is 5.49. The normalized spacial score (nSPS) is 10.6. The zero-order chi connectivity index (χ0) is 13.1. The molecule has 8 heteroatoms. The van der Waals surface area contributed by atoms with E-state index in [9.17, 15) is 4.79 Å². The minimum Gasteiger partial charge on any atom is -0.481 e. The molecule has 1 heterocycles. The lowest BCUT2D eigenvalue weighted by Gasteiger charge is -2.05. The zero-order valence-corrected chi connectivity index (χ0v) is 11.8. The Bertz CT molecular complexity index is 587. The van der Waals surface area contributed by atoms with Crippen molar-refractivity contribution in [1.29, 1.82) is 0 Å². The summed E-state index contributed by atoms with van der Waals surface area (Å²) >= 11 is 4.51. The molecule has 0 unspecified atom stereocenters. The Morgan fingerprint density at radius 1 is 1.56 bits per heavy atom. The fourth-order valence-corrected chi connectivity index (χ4v) is 2.25. The van der Waals surface area contributed by atoms with Crippen LogP contribution >= 0.6 is 27.7 Å². The molecule has 0 aliphatic rings. The van der Waals surface area contributed by atoms with E-state index < -0.39 is 5.97 Å². The van der Waals surface area contributed by atoms with Crippen LogP contribution in [0.2, 0.25) is 0 Å². The number of thioether (sulfide) groups is 1. The molecule has 2 aromatic rings. The lowest BCUT2D eigenvalue weighted by Crippen LogP contribution is -2.03. The summed E-state index contributed by atoms with van der Waals surface area (Å²) in [5.41, 5.74) is 1.89. The van der Waals surface area contributed by atoms with Crippen LogP contribution in [0, 0.1) is 6.92 Å². The fourth-order valence-electron chi connectivity index (χ4n) is 1.27. The fraction of sp³-hybridized carbons (Fsp3) is 0.200. The number of aromatic nitrogens is 4. The van der Waals surface area contributed by atoms with E-state index in [4.69, 9.17) is 5.11 Å².